The summed E-state index contributed by atoms with van der Waals surface area (Å²) < 4.78 is 29.1. The Morgan fingerprint density at radius 2 is 1.83 bits per heavy atom. The van der Waals surface area contributed by atoms with Crippen molar-refractivity contribution < 1.29 is 8.78 Å². The van der Waals surface area contributed by atoms with Crippen LogP contribution in [0, 0.1) is 11.6 Å². The molecule has 0 unspecified atom stereocenters. The summed E-state index contributed by atoms with van der Waals surface area (Å²) in [5.41, 5.74) is 1.25. The van der Waals surface area contributed by atoms with Gasteiger partial charge in [0.2, 0.25) is 0 Å². The van der Waals surface area contributed by atoms with Crippen LogP contribution in [-0.2, 0) is 0 Å². The van der Waals surface area contributed by atoms with Gasteiger partial charge in [0, 0.05) is 22.3 Å². The van der Waals surface area contributed by atoms with Gasteiger partial charge in [-0.3, -0.25) is 4.40 Å². The highest BCUT2D eigenvalue weighted by atomic mass is 79.9. The normalized spacial score (nSPS) is 11.1. The second-order valence-corrected chi connectivity index (χ2v) is 4.71. The van der Waals surface area contributed by atoms with E-state index in [2.05, 4.69) is 20.9 Å². The Morgan fingerprint density at radius 1 is 1.11 bits per heavy atom. The third-order valence-corrected chi connectivity index (χ3v) is 3.31. The highest BCUT2D eigenvalue weighted by Gasteiger charge is 2.10. The number of nitrogens with zero attached hydrogens (tertiary/aromatic N) is 2. The number of imidazole rings is 1. The molecule has 3 rings (SSSR count). The Bertz CT molecular complexity index is 717. The molecule has 2 nitrogen and oxygen atoms in total. The van der Waals surface area contributed by atoms with Crippen LogP contribution in [0.1, 0.15) is 0 Å². The molecule has 0 aliphatic heterocycles. The summed E-state index contributed by atoms with van der Waals surface area (Å²) in [4.78, 5) is 4.21. The van der Waals surface area contributed by atoms with Gasteiger partial charge >= 0.3 is 0 Å². The van der Waals surface area contributed by atoms with Gasteiger partial charge in [-0.05, 0) is 40.2 Å². The Kier molecular flexibility index (Phi) is 2.63. The van der Waals surface area contributed by atoms with Crippen LogP contribution in [0.2, 0.25) is 0 Å². The van der Waals surface area contributed by atoms with Gasteiger partial charge in [-0.1, -0.05) is 0 Å². The lowest BCUT2D eigenvalue weighted by molar-refractivity contribution is 0.584. The van der Waals surface area contributed by atoms with Gasteiger partial charge in [0.25, 0.3) is 0 Å². The maximum Gasteiger partial charge on any atom is 0.144 e. The summed E-state index contributed by atoms with van der Waals surface area (Å²) in [6.07, 6.45) is 3.45. The Hall–Kier alpha value is -1.75. The summed E-state index contributed by atoms with van der Waals surface area (Å²) in [6.45, 7) is 0. The van der Waals surface area contributed by atoms with Gasteiger partial charge in [0.1, 0.15) is 17.5 Å². The zero-order valence-corrected chi connectivity index (χ0v) is 10.7. The van der Waals surface area contributed by atoms with Crippen molar-refractivity contribution in [3.8, 4) is 11.4 Å². The first-order chi connectivity index (χ1) is 8.65. The average molecular weight is 309 g/mol. The van der Waals surface area contributed by atoms with Gasteiger partial charge in [0.15, 0.2) is 0 Å². The average Bonchev–Trinajstić information content (AvgIpc) is 2.73. The third kappa shape index (κ3) is 1.80. The van der Waals surface area contributed by atoms with Crippen molar-refractivity contribution in [1.29, 1.82) is 0 Å². The van der Waals surface area contributed by atoms with E-state index in [9.17, 15) is 8.78 Å². The van der Waals surface area contributed by atoms with Gasteiger partial charge in [-0.15, -0.1) is 0 Å². The molecule has 0 saturated carbocycles. The minimum absolute atomic E-state index is 0.408. The molecular weight excluding hydrogens is 302 g/mol. The van der Waals surface area contributed by atoms with E-state index in [4.69, 9.17) is 0 Å². The summed E-state index contributed by atoms with van der Waals surface area (Å²) in [7, 11) is 0. The fourth-order valence-corrected chi connectivity index (χ4v) is 2.33. The molecule has 0 fully saturated rings. The number of fused-ring (bicyclic) bond motifs is 1. The molecule has 0 aliphatic rings. The number of hydrogen-bond donors (Lipinski definition) is 0. The maximum atomic E-state index is 13.2. The fourth-order valence-electron chi connectivity index (χ4n) is 1.88. The number of aromatic nitrogens is 2. The maximum absolute atomic E-state index is 13.2. The molecule has 2 aromatic heterocycles. The number of halogens is 3. The highest BCUT2D eigenvalue weighted by Crippen LogP contribution is 2.25. The zero-order valence-electron chi connectivity index (χ0n) is 9.07. The standard InChI is InChI=1S/C13H7BrF2N2/c14-11-2-1-3-18-12(11)7-17-13(18)8-4-9(15)6-10(16)5-8/h1-7H. The van der Waals surface area contributed by atoms with Gasteiger partial charge in [0.05, 0.1) is 11.7 Å². The number of benzene rings is 1. The van der Waals surface area contributed by atoms with E-state index in [1.807, 2.05) is 12.1 Å². The lowest BCUT2D eigenvalue weighted by atomic mass is 10.2. The number of hydrogen-bond acceptors (Lipinski definition) is 1. The van der Waals surface area contributed by atoms with Crippen LogP contribution in [0.25, 0.3) is 16.9 Å². The molecule has 0 atom stereocenters. The topological polar surface area (TPSA) is 17.3 Å². The van der Waals surface area contributed by atoms with Crippen molar-refractivity contribution in [2.24, 2.45) is 0 Å². The van der Waals surface area contributed by atoms with E-state index in [0.717, 1.165) is 16.1 Å². The molecule has 2 heterocycles. The van der Waals surface area contributed by atoms with Crippen LogP contribution in [0.15, 0.2) is 47.2 Å². The summed E-state index contributed by atoms with van der Waals surface area (Å²) >= 11 is 3.40. The number of pyridine rings is 1. The molecule has 3 aromatic rings. The van der Waals surface area contributed by atoms with Crippen molar-refractivity contribution in [2.75, 3.05) is 0 Å². The van der Waals surface area contributed by atoms with Gasteiger partial charge in [-0.25, -0.2) is 13.8 Å². The molecule has 1 aromatic carbocycles. The van der Waals surface area contributed by atoms with Crippen molar-refractivity contribution in [3.05, 3.63) is 58.8 Å². The molecular formula is C13H7BrF2N2. The highest BCUT2D eigenvalue weighted by molar-refractivity contribution is 9.10. The molecule has 0 radical (unpaired) electrons. The first-order valence-corrected chi connectivity index (χ1v) is 6.02. The quantitative estimate of drug-likeness (QED) is 0.663. The first-order valence-electron chi connectivity index (χ1n) is 5.23. The predicted molar refractivity (Wildman–Crippen MR) is 68.2 cm³/mol. The van der Waals surface area contributed by atoms with E-state index in [1.54, 1.807) is 16.8 Å². The van der Waals surface area contributed by atoms with E-state index in [-0.39, 0.29) is 0 Å². The minimum Gasteiger partial charge on any atom is -0.299 e. The molecule has 18 heavy (non-hydrogen) atoms. The first kappa shape index (κ1) is 11.3. The largest absolute Gasteiger partial charge is 0.299 e. The summed E-state index contributed by atoms with van der Waals surface area (Å²) in [5, 5.41) is 0. The monoisotopic (exact) mass is 308 g/mol. The van der Waals surface area contributed by atoms with E-state index < -0.39 is 11.6 Å². The second-order valence-electron chi connectivity index (χ2n) is 3.85. The summed E-state index contributed by atoms with van der Waals surface area (Å²) in [6, 6.07) is 7.08. The molecule has 0 N–H and O–H groups in total. The van der Waals surface area contributed by atoms with Crippen LogP contribution >= 0.6 is 15.9 Å². The molecule has 0 bridgehead atoms. The van der Waals surface area contributed by atoms with E-state index >= 15 is 0 Å². The van der Waals surface area contributed by atoms with Crippen LogP contribution < -0.4 is 0 Å². The fraction of sp³-hybridized carbons (Fsp3) is 0. The van der Waals surface area contributed by atoms with Crippen molar-refractivity contribution >= 4 is 21.4 Å². The Morgan fingerprint density at radius 3 is 2.56 bits per heavy atom. The Labute approximate surface area is 110 Å². The molecule has 0 saturated heterocycles. The van der Waals surface area contributed by atoms with Gasteiger partial charge in [-0.2, -0.15) is 0 Å². The lowest BCUT2D eigenvalue weighted by Gasteiger charge is -2.03. The van der Waals surface area contributed by atoms with Crippen LogP contribution in [0.5, 0.6) is 0 Å². The third-order valence-electron chi connectivity index (χ3n) is 2.64. The summed E-state index contributed by atoms with van der Waals surface area (Å²) in [5.74, 6) is -0.724. The zero-order chi connectivity index (χ0) is 12.7. The van der Waals surface area contributed by atoms with Crippen molar-refractivity contribution in [3.63, 3.8) is 0 Å². The van der Waals surface area contributed by atoms with Gasteiger partial charge < -0.3 is 0 Å². The SMILES string of the molecule is Fc1cc(F)cc(-c2ncc3c(Br)cccn23)c1. The van der Waals surface area contributed by atoms with Crippen molar-refractivity contribution in [1.82, 2.24) is 9.38 Å². The van der Waals surface area contributed by atoms with E-state index in [0.29, 0.717) is 11.4 Å². The smallest absolute Gasteiger partial charge is 0.144 e. The lowest BCUT2D eigenvalue weighted by Crippen LogP contribution is -1.91. The molecule has 0 aliphatic carbocycles. The molecule has 0 spiro atoms. The molecule has 90 valence electrons. The van der Waals surface area contributed by atoms with E-state index in [1.165, 1.54) is 12.1 Å². The van der Waals surface area contributed by atoms with Crippen molar-refractivity contribution in [2.45, 2.75) is 0 Å². The predicted octanol–water partition coefficient (Wildman–Crippen LogP) is 4.04. The van der Waals surface area contributed by atoms with Crippen LogP contribution in [0.3, 0.4) is 0 Å². The van der Waals surface area contributed by atoms with Crippen LogP contribution in [0.4, 0.5) is 8.78 Å². The second kappa shape index (κ2) is 4.17. The number of rotatable bonds is 1. The Balaban J connectivity index is 2.29. The molecule has 0 amide bonds. The minimum atomic E-state index is -0.614. The van der Waals surface area contributed by atoms with Crippen LogP contribution in [-0.4, -0.2) is 9.38 Å². The molecule has 5 heteroatoms.